The Hall–Kier alpha value is -1.75. The molecule has 0 bridgehead atoms. The van der Waals surface area contributed by atoms with Crippen LogP contribution >= 0.6 is 0 Å². The van der Waals surface area contributed by atoms with Crippen LogP contribution in [0.15, 0.2) is 18.2 Å². The minimum absolute atomic E-state index is 0. The van der Waals surface area contributed by atoms with E-state index in [-0.39, 0.29) is 13.5 Å². The molecule has 1 fully saturated rings. The van der Waals surface area contributed by atoms with Gasteiger partial charge in [-0.2, -0.15) is 0 Å². The molecule has 1 saturated heterocycles. The van der Waals surface area contributed by atoms with Gasteiger partial charge in [0.05, 0.1) is 30.2 Å². The van der Waals surface area contributed by atoms with Crippen LogP contribution in [-0.2, 0) is 9.47 Å². The van der Waals surface area contributed by atoms with Gasteiger partial charge in [0.15, 0.2) is 0 Å². The van der Waals surface area contributed by atoms with Gasteiger partial charge in [-0.05, 0) is 24.6 Å². The summed E-state index contributed by atoms with van der Waals surface area (Å²) in [5.74, 6) is -0.368. The SMILES string of the molecule is COC(=O)c1ccc(N)c(NCC2CCO2)c1.[HH]. The third-order valence-corrected chi connectivity index (χ3v) is 2.79. The van der Waals surface area contributed by atoms with Gasteiger partial charge in [-0.1, -0.05) is 0 Å². The van der Waals surface area contributed by atoms with Crippen molar-refractivity contribution in [2.24, 2.45) is 0 Å². The molecule has 1 aliphatic heterocycles. The molecule has 1 atom stereocenters. The number of benzene rings is 1. The van der Waals surface area contributed by atoms with Gasteiger partial charge in [0.2, 0.25) is 0 Å². The van der Waals surface area contributed by atoms with Crippen LogP contribution in [0.3, 0.4) is 0 Å². The van der Waals surface area contributed by atoms with Gasteiger partial charge in [-0.3, -0.25) is 0 Å². The molecule has 1 aromatic carbocycles. The van der Waals surface area contributed by atoms with E-state index >= 15 is 0 Å². The van der Waals surface area contributed by atoms with E-state index in [0.29, 0.717) is 17.8 Å². The lowest BCUT2D eigenvalue weighted by Gasteiger charge is -2.27. The molecule has 1 heterocycles. The molecule has 5 nitrogen and oxygen atoms in total. The van der Waals surface area contributed by atoms with E-state index in [1.807, 2.05) is 0 Å². The number of hydrogen-bond donors (Lipinski definition) is 2. The topological polar surface area (TPSA) is 73.6 Å². The first-order valence-electron chi connectivity index (χ1n) is 5.54. The van der Waals surface area contributed by atoms with Crippen molar-refractivity contribution < 1.29 is 15.7 Å². The molecule has 1 aliphatic rings. The lowest BCUT2D eigenvalue weighted by molar-refractivity contribution is -0.0410. The lowest BCUT2D eigenvalue weighted by Crippen LogP contribution is -2.33. The van der Waals surface area contributed by atoms with Crippen LogP contribution in [-0.4, -0.2) is 32.3 Å². The van der Waals surface area contributed by atoms with Gasteiger partial charge in [0.1, 0.15) is 0 Å². The summed E-state index contributed by atoms with van der Waals surface area (Å²) in [4.78, 5) is 11.4. The molecule has 0 spiro atoms. The van der Waals surface area contributed by atoms with E-state index < -0.39 is 0 Å². The molecule has 0 aromatic heterocycles. The van der Waals surface area contributed by atoms with E-state index in [2.05, 4.69) is 10.1 Å². The number of hydrogen-bond acceptors (Lipinski definition) is 5. The molecular weight excluding hydrogens is 220 g/mol. The molecular formula is C12H18N2O3. The number of methoxy groups -OCH3 is 1. The molecule has 0 aliphatic carbocycles. The Labute approximate surface area is 101 Å². The Morgan fingerprint density at radius 3 is 3.06 bits per heavy atom. The largest absolute Gasteiger partial charge is 0.465 e. The summed E-state index contributed by atoms with van der Waals surface area (Å²) >= 11 is 0. The Bertz CT molecular complexity index is 422. The summed E-state index contributed by atoms with van der Waals surface area (Å²) in [6, 6.07) is 5.03. The number of rotatable bonds is 4. The first-order chi connectivity index (χ1) is 8.20. The summed E-state index contributed by atoms with van der Waals surface area (Å²) < 4.78 is 9.95. The zero-order valence-electron chi connectivity index (χ0n) is 9.73. The number of nitrogens with two attached hydrogens (primary N) is 1. The lowest BCUT2D eigenvalue weighted by atomic mass is 10.1. The summed E-state index contributed by atoms with van der Waals surface area (Å²) in [6.45, 7) is 1.53. The Kier molecular flexibility index (Phi) is 3.49. The third kappa shape index (κ3) is 2.68. The number of carbonyl (C=O) groups is 1. The van der Waals surface area contributed by atoms with Crippen LogP contribution in [0.25, 0.3) is 0 Å². The van der Waals surface area contributed by atoms with Crippen molar-refractivity contribution in [2.45, 2.75) is 12.5 Å². The first-order valence-corrected chi connectivity index (χ1v) is 5.54. The van der Waals surface area contributed by atoms with Crippen LogP contribution in [0.5, 0.6) is 0 Å². The summed E-state index contributed by atoms with van der Waals surface area (Å²) in [5.41, 5.74) is 7.65. The van der Waals surface area contributed by atoms with E-state index in [4.69, 9.17) is 10.5 Å². The highest BCUT2D eigenvalue weighted by molar-refractivity contribution is 5.91. The predicted molar refractivity (Wildman–Crippen MR) is 67.2 cm³/mol. The van der Waals surface area contributed by atoms with Crippen molar-refractivity contribution in [1.82, 2.24) is 0 Å². The van der Waals surface area contributed by atoms with Crippen molar-refractivity contribution >= 4 is 17.3 Å². The predicted octanol–water partition coefficient (Wildman–Crippen LogP) is 1.50. The number of ether oxygens (including phenoxy) is 2. The highest BCUT2D eigenvalue weighted by atomic mass is 16.5. The number of nitrogens with one attached hydrogen (secondary N) is 1. The van der Waals surface area contributed by atoms with Crippen LogP contribution < -0.4 is 11.1 Å². The van der Waals surface area contributed by atoms with E-state index in [1.54, 1.807) is 18.2 Å². The smallest absolute Gasteiger partial charge is 0.337 e. The van der Waals surface area contributed by atoms with E-state index in [9.17, 15) is 4.79 Å². The fourth-order valence-electron chi connectivity index (χ4n) is 1.62. The Morgan fingerprint density at radius 2 is 2.47 bits per heavy atom. The number of carbonyl (C=O) groups excluding carboxylic acids is 1. The molecule has 1 unspecified atom stereocenters. The average molecular weight is 238 g/mol. The second kappa shape index (κ2) is 5.05. The zero-order valence-corrected chi connectivity index (χ0v) is 9.73. The maximum absolute atomic E-state index is 11.4. The van der Waals surface area contributed by atoms with Crippen molar-refractivity contribution in [3.8, 4) is 0 Å². The molecule has 2 rings (SSSR count). The van der Waals surface area contributed by atoms with Gasteiger partial charge < -0.3 is 20.5 Å². The van der Waals surface area contributed by atoms with Gasteiger partial charge in [0, 0.05) is 14.6 Å². The van der Waals surface area contributed by atoms with Crippen LogP contribution in [0.2, 0.25) is 0 Å². The first kappa shape index (κ1) is 11.7. The second-order valence-corrected chi connectivity index (χ2v) is 3.96. The molecule has 17 heavy (non-hydrogen) atoms. The number of nitrogen functional groups attached to an aromatic ring is 1. The van der Waals surface area contributed by atoms with Crippen LogP contribution in [0, 0.1) is 0 Å². The van der Waals surface area contributed by atoms with Crippen LogP contribution in [0.1, 0.15) is 18.2 Å². The minimum Gasteiger partial charge on any atom is -0.465 e. The highest BCUT2D eigenvalue weighted by Gasteiger charge is 2.18. The fourth-order valence-corrected chi connectivity index (χ4v) is 1.62. The third-order valence-electron chi connectivity index (χ3n) is 2.79. The van der Waals surface area contributed by atoms with Crippen molar-refractivity contribution in [2.75, 3.05) is 31.3 Å². The highest BCUT2D eigenvalue weighted by Crippen LogP contribution is 2.21. The van der Waals surface area contributed by atoms with Gasteiger partial charge in [0.25, 0.3) is 0 Å². The van der Waals surface area contributed by atoms with Gasteiger partial charge in [-0.15, -0.1) is 0 Å². The van der Waals surface area contributed by atoms with Gasteiger partial charge >= 0.3 is 5.97 Å². The number of anilines is 2. The van der Waals surface area contributed by atoms with Gasteiger partial charge in [-0.25, -0.2) is 4.79 Å². The number of esters is 1. The maximum atomic E-state index is 11.4. The summed E-state index contributed by atoms with van der Waals surface area (Å²) in [5, 5.41) is 3.18. The summed E-state index contributed by atoms with van der Waals surface area (Å²) in [6.07, 6.45) is 1.31. The quantitative estimate of drug-likeness (QED) is 0.614. The average Bonchev–Trinajstić information content (AvgIpc) is 2.28. The fraction of sp³-hybridized carbons (Fsp3) is 0.417. The molecule has 0 radical (unpaired) electrons. The molecule has 3 N–H and O–H groups in total. The Balaban J connectivity index is 0.00000162. The minimum atomic E-state index is -0.368. The maximum Gasteiger partial charge on any atom is 0.337 e. The molecule has 5 heteroatoms. The summed E-state index contributed by atoms with van der Waals surface area (Å²) in [7, 11) is 1.36. The van der Waals surface area contributed by atoms with E-state index in [1.165, 1.54) is 7.11 Å². The van der Waals surface area contributed by atoms with Crippen LogP contribution in [0.4, 0.5) is 11.4 Å². The monoisotopic (exact) mass is 238 g/mol. The normalized spacial score (nSPS) is 18.3. The van der Waals surface area contributed by atoms with Crippen molar-refractivity contribution in [3.63, 3.8) is 0 Å². The zero-order chi connectivity index (χ0) is 12.3. The Morgan fingerprint density at radius 1 is 1.71 bits per heavy atom. The van der Waals surface area contributed by atoms with Crippen molar-refractivity contribution in [3.05, 3.63) is 23.8 Å². The molecule has 0 amide bonds. The van der Waals surface area contributed by atoms with Crippen molar-refractivity contribution in [1.29, 1.82) is 0 Å². The molecule has 0 saturated carbocycles. The molecule has 1 aromatic rings. The van der Waals surface area contributed by atoms with E-state index in [0.717, 1.165) is 18.7 Å². The standard InChI is InChI=1S/C12H16N2O3.H2/c1-16-12(15)8-2-3-10(13)11(6-8)14-7-9-4-5-17-9;/h2-3,6,9,14H,4-5,7,13H2,1H3;1H. The molecule has 94 valence electrons. The second-order valence-electron chi connectivity index (χ2n) is 3.96.